The Morgan fingerprint density at radius 2 is 1.80 bits per heavy atom. The highest BCUT2D eigenvalue weighted by molar-refractivity contribution is 5.80. The minimum absolute atomic E-state index is 0.0104. The van der Waals surface area contributed by atoms with E-state index < -0.39 is 0 Å². The second kappa shape index (κ2) is 5.75. The van der Waals surface area contributed by atoms with Crippen molar-refractivity contribution in [3.8, 4) is 0 Å². The zero-order valence-electron chi connectivity index (χ0n) is 14.8. The number of carbonyl (C=O) groups is 1. The van der Waals surface area contributed by atoms with Crippen molar-refractivity contribution in [1.82, 2.24) is 23.6 Å². The molecule has 7 heteroatoms. The van der Waals surface area contributed by atoms with E-state index in [2.05, 4.69) is 18.9 Å². The molecule has 0 N–H and O–H groups in total. The highest BCUT2D eigenvalue weighted by Gasteiger charge is 2.29. The quantitative estimate of drug-likeness (QED) is 0.714. The summed E-state index contributed by atoms with van der Waals surface area (Å²) in [7, 11) is 1.88. The van der Waals surface area contributed by atoms with Gasteiger partial charge < -0.3 is 9.47 Å². The van der Waals surface area contributed by atoms with Gasteiger partial charge >= 0.3 is 5.69 Å². The van der Waals surface area contributed by atoms with Gasteiger partial charge in [0, 0.05) is 19.1 Å². The van der Waals surface area contributed by atoms with Gasteiger partial charge in [-0.25, -0.2) is 13.9 Å². The monoisotopic (exact) mass is 341 g/mol. The topological polar surface area (TPSA) is 64.5 Å². The summed E-state index contributed by atoms with van der Waals surface area (Å²) >= 11 is 0. The SMILES string of the molecule is C[C@@H]1CCC[C@H](C)N1C(=O)Cn1nc2n(C)c3ccccc3n2c1=O. The Hall–Kier alpha value is -2.57. The summed E-state index contributed by atoms with van der Waals surface area (Å²) in [5, 5.41) is 4.42. The lowest BCUT2D eigenvalue weighted by Gasteiger charge is -2.39. The van der Waals surface area contributed by atoms with Gasteiger partial charge in [0.1, 0.15) is 6.54 Å². The molecule has 132 valence electrons. The van der Waals surface area contributed by atoms with E-state index in [0.29, 0.717) is 5.78 Å². The number of nitrogens with zero attached hydrogens (tertiary/aromatic N) is 5. The zero-order chi connectivity index (χ0) is 17.7. The highest BCUT2D eigenvalue weighted by Crippen LogP contribution is 2.23. The summed E-state index contributed by atoms with van der Waals surface area (Å²) in [6, 6.07) is 8.11. The minimum atomic E-state index is -0.266. The summed E-state index contributed by atoms with van der Waals surface area (Å²) in [4.78, 5) is 27.5. The van der Waals surface area contributed by atoms with Crippen LogP contribution in [-0.4, -0.2) is 41.6 Å². The van der Waals surface area contributed by atoms with E-state index in [1.165, 1.54) is 4.68 Å². The molecule has 2 aromatic heterocycles. The number of imidazole rings is 1. The molecule has 0 bridgehead atoms. The third-order valence-electron chi connectivity index (χ3n) is 5.37. The number of carbonyl (C=O) groups excluding carboxylic acids is 1. The van der Waals surface area contributed by atoms with Gasteiger partial charge in [-0.1, -0.05) is 12.1 Å². The van der Waals surface area contributed by atoms with Crippen LogP contribution in [0.25, 0.3) is 16.8 Å². The van der Waals surface area contributed by atoms with Crippen molar-refractivity contribution in [3.63, 3.8) is 0 Å². The van der Waals surface area contributed by atoms with Crippen molar-refractivity contribution in [1.29, 1.82) is 0 Å². The Labute approximate surface area is 145 Å². The van der Waals surface area contributed by atoms with Crippen LogP contribution in [0.1, 0.15) is 33.1 Å². The van der Waals surface area contributed by atoms with Crippen LogP contribution in [0.15, 0.2) is 29.1 Å². The van der Waals surface area contributed by atoms with E-state index in [9.17, 15) is 9.59 Å². The van der Waals surface area contributed by atoms with Gasteiger partial charge in [-0.3, -0.25) is 4.79 Å². The molecule has 4 rings (SSSR count). The molecule has 0 saturated carbocycles. The number of hydrogen-bond acceptors (Lipinski definition) is 3. The minimum Gasteiger partial charge on any atom is -0.336 e. The number of para-hydroxylation sites is 2. The molecule has 0 radical (unpaired) electrons. The second-order valence-electron chi connectivity index (χ2n) is 7.05. The fraction of sp³-hybridized carbons (Fsp3) is 0.500. The predicted molar refractivity (Wildman–Crippen MR) is 95.6 cm³/mol. The van der Waals surface area contributed by atoms with Crippen LogP contribution in [0.2, 0.25) is 0 Å². The Morgan fingerprint density at radius 1 is 1.16 bits per heavy atom. The van der Waals surface area contributed by atoms with Crippen LogP contribution in [0.5, 0.6) is 0 Å². The largest absolute Gasteiger partial charge is 0.352 e. The zero-order valence-corrected chi connectivity index (χ0v) is 14.8. The maximum absolute atomic E-state index is 12.8. The molecule has 1 amide bonds. The van der Waals surface area contributed by atoms with E-state index in [-0.39, 0.29) is 30.2 Å². The number of fused-ring (bicyclic) bond motifs is 3. The van der Waals surface area contributed by atoms with Crippen LogP contribution < -0.4 is 5.69 Å². The number of likely N-dealkylation sites (tertiary alicyclic amines) is 1. The fourth-order valence-electron chi connectivity index (χ4n) is 4.09. The molecule has 3 heterocycles. The number of rotatable bonds is 2. The third-order valence-corrected chi connectivity index (χ3v) is 5.37. The molecular formula is C18H23N5O2. The van der Waals surface area contributed by atoms with E-state index >= 15 is 0 Å². The second-order valence-corrected chi connectivity index (χ2v) is 7.05. The molecule has 0 spiro atoms. The Morgan fingerprint density at radius 3 is 2.48 bits per heavy atom. The summed E-state index contributed by atoms with van der Waals surface area (Å²) in [5.41, 5.74) is 1.49. The van der Waals surface area contributed by atoms with Gasteiger partial charge in [-0.05, 0) is 45.2 Å². The molecule has 0 unspecified atom stereocenters. The van der Waals surface area contributed by atoms with Crippen LogP contribution in [0.4, 0.5) is 0 Å². The van der Waals surface area contributed by atoms with Gasteiger partial charge in [-0.2, -0.15) is 0 Å². The Bertz CT molecular complexity index is 1000. The lowest BCUT2D eigenvalue weighted by Crippen LogP contribution is -2.49. The molecule has 2 atom stereocenters. The van der Waals surface area contributed by atoms with Crippen molar-refractivity contribution in [2.24, 2.45) is 7.05 Å². The van der Waals surface area contributed by atoms with Crippen molar-refractivity contribution in [3.05, 3.63) is 34.7 Å². The molecule has 1 aliphatic rings. The van der Waals surface area contributed by atoms with Crippen LogP contribution >= 0.6 is 0 Å². The van der Waals surface area contributed by atoms with Crippen molar-refractivity contribution in [2.45, 2.75) is 51.7 Å². The third kappa shape index (κ3) is 2.37. The van der Waals surface area contributed by atoms with Gasteiger partial charge in [-0.15, -0.1) is 5.10 Å². The van der Waals surface area contributed by atoms with Gasteiger partial charge in [0.15, 0.2) is 0 Å². The molecule has 1 saturated heterocycles. The Kier molecular flexibility index (Phi) is 3.67. The smallest absolute Gasteiger partial charge is 0.336 e. The van der Waals surface area contributed by atoms with Crippen LogP contribution in [0.3, 0.4) is 0 Å². The predicted octanol–water partition coefficient (Wildman–Crippen LogP) is 1.78. The number of aromatic nitrogens is 4. The van der Waals surface area contributed by atoms with E-state index in [4.69, 9.17) is 0 Å². The van der Waals surface area contributed by atoms with E-state index in [1.54, 1.807) is 4.40 Å². The lowest BCUT2D eigenvalue weighted by molar-refractivity contribution is -0.138. The average molecular weight is 341 g/mol. The van der Waals surface area contributed by atoms with Gasteiger partial charge in [0.25, 0.3) is 0 Å². The summed E-state index contributed by atoms with van der Waals surface area (Å²) in [6.07, 6.45) is 3.17. The summed E-state index contributed by atoms with van der Waals surface area (Å²) in [6.45, 7) is 4.14. The first-order valence-electron chi connectivity index (χ1n) is 8.83. The molecule has 1 aromatic carbocycles. The number of hydrogen-bond donors (Lipinski definition) is 0. The maximum atomic E-state index is 12.8. The standard InChI is InChI=1S/C18H23N5O2/c1-12-7-6-8-13(2)22(12)16(24)11-21-18(25)23-15-10-5-4-9-14(15)20(3)17(23)19-21/h4-5,9-10,12-13H,6-8,11H2,1-3H3/t12-,13+. The van der Waals surface area contributed by atoms with E-state index in [1.807, 2.05) is 40.8 Å². The normalized spacial score (nSPS) is 21.3. The average Bonchev–Trinajstić information content (AvgIpc) is 3.04. The summed E-state index contributed by atoms with van der Waals surface area (Å²) < 4.78 is 4.74. The summed E-state index contributed by atoms with van der Waals surface area (Å²) in [5.74, 6) is 0.522. The maximum Gasteiger partial charge on any atom is 0.352 e. The molecule has 1 fully saturated rings. The first kappa shape index (κ1) is 15.9. The van der Waals surface area contributed by atoms with Crippen LogP contribution in [-0.2, 0) is 18.4 Å². The van der Waals surface area contributed by atoms with E-state index in [0.717, 1.165) is 30.3 Å². The van der Waals surface area contributed by atoms with Gasteiger partial charge in [0.2, 0.25) is 11.7 Å². The molecule has 7 nitrogen and oxygen atoms in total. The highest BCUT2D eigenvalue weighted by atomic mass is 16.2. The van der Waals surface area contributed by atoms with Crippen LogP contribution in [0, 0.1) is 0 Å². The number of benzene rings is 1. The fourth-order valence-corrected chi connectivity index (χ4v) is 4.09. The molecule has 1 aliphatic heterocycles. The van der Waals surface area contributed by atoms with Crippen molar-refractivity contribution < 1.29 is 4.79 Å². The molecular weight excluding hydrogens is 318 g/mol. The lowest BCUT2D eigenvalue weighted by atomic mass is 9.97. The van der Waals surface area contributed by atoms with Gasteiger partial charge in [0.05, 0.1) is 11.0 Å². The number of aryl methyl sites for hydroxylation is 1. The Balaban J connectivity index is 1.73. The van der Waals surface area contributed by atoms with Crippen molar-refractivity contribution in [2.75, 3.05) is 0 Å². The number of piperidine rings is 1. The van der Waals surface area contributed by atoms with Crippen molar-refractivity contribution >= 4 is 22.7 Å². The first-order valence-corrected chi connectivity index (χ1v) is 8.83. The molecule has 3 aromatic rings. The molecule has 25 heavy (non-hydrogen) atoms. The molecule has 0 aliphatic carbocycles. The first-order chi connectivity index (χ1) is 12.0. The number of amides is 1.